The van der Waals surface area contributed by atoms with Gasteiger partial charge in [-0.2, -0.15) is 0 Å². The average Bonchev–Trinajstić information content (AvgIpc) is 3.39. The van der Waals surface area contributed by atoms with E-state index in [0.717, 1.165) is 25.3 Å². The molecule has 1 aliphatic carbocycles. The zero-order chi connectivity index (χ0) is 17.3. The molecule has 2 fully saturated rings. The molecule has 1 saturated heterocycles. The molecule has 0 aromatic heterocycles. The molecule has 5 nitrogen and oxygen atoms in total. The summed E-state index contributed by atoms with van der Waals surface area (Å²) in [7, 11) is 0. The van der Waals surface area contributed by atoms with E-state index >= 15 is 0 Å². The van der Waals surface area contributed by atoms with Crippen LogP contribution in [-0.2, 0) is 9.59 Å². The summed E-state index contributed by atoms with van der Waals surface area (Å²) in [5, 5.41) is 2.67. The van der Waals surface area contributed by atoms with E-state index < -0.39 is 5.82 Å². The second-order valence-electron chi connectivity index (χ2n) is 6.63. The van der Waals surface area contributed by atoms with E-state index in [9.17, 15) is 18.8 Å². The number of nitrogens with one attached hydrogen (secondary N) is 1. The molecule has 3 rings (SSSR count). The van der Waals surface area contributed by atoms with Crippen LogP contribution >= 0.6 is 0 Å². The maximum atomic E-state index is 13.5. The summed E-state index contributed by atoms with van der Waals surface area (Å²) in [6.45, 7) is 2.46. The van der Waals surface area contributed by atoms with E-state index in [1.165, 1.54) is 19.1 Å². The summed E-state index contributed by atoms with van der Waals surface area (Å²) < 4.78 is 13.5. The fourth-order valence-electron chi connectivity index (χ4n) is 3.14. The lowest BCUT2D eigenvalue weighted by molar-refractivity contribution is -0.135. The third-order valence-corrected chi connectivity index (χ3v) is 4.65. The summed E-state index contributed by atoms with van der Waals surface area (Å²) in [5.41, 5.74) is 0.476. The minimum Gasteiger partial charge on any atom is -0.342 e. The Morgan fingerprint density at radius 1 is 1.17 bits per heavy atom. The Balaban J connectivity index is 1.69. The number of piperidine rings is 1. The number of likely N-dealkylation sites (tertiary alicyclic amines) is 1. The third kappa shape index (κ3) is 3.63. The lowest BCUT2D eigenvalue weighted by Crippen LogP contribution is -2.44. The highest BCUT2D eigenvalue weighted by molar-refractivity contribution is 6.04. The molecule has 1 saturated carbocycles. The third-order valence-electron chi connectivity index (χ3n) is 4.65. The van der Waals surface area contributed by atoms with Crippen molar-refractivity contribution in [1.29, 1.82) is 0 Å². The van der Waals surface area contributed by atoms with Gasteiger partial charge in [-0.1, -0.05) is 0 Å². The van der Waals surface area contributed by atoms with Gasteiger partial charge >= 0.3 is 0 Å². The minimum atomic E-state index is -0.510. The average molecular weight is 332 g/mol. The van der Waals surface area contributed by atoms with Crippen molar-refractivity contribution in [2.45, 2.75) is 32.6 Å². The highest BCUT2D eigenvalue weighted by Gasteiger charge is 2.36. The van der Waals surface area contributed by atoms with E-state index in [0.29, 0.717) is 19.5 Å². The number of nitrogens with zero attached hydrogens (tertiary/aromatic N) is 1. The molecule has 0 radical (unpaired) electrons. The number of carbonyl (C=O) groups excluding carboxylic acids is 3. The molecule has 0 unspecified atom stereocenters. The van der Waals surface area contributed by atoms with Crippen molar-refractivity contribution in [3.63, 3.8) is 0 Å². The van der Waals surface area contributed by atoms with E-state index in [2.05, 4.69) is 5.32 Å². The SMILES string of the molecule is CC(=O)c1ccc(F)cc1NC(=O)[C@@H]1CCCN(C(=O)C2CC2)C1. The molecule has 2 aliphatic rings. The van der Waals surface area contributed by atoms with Crippen molar-refractivity contribution in [2.24, 2.45) is 11.8 Å². The smallest absolute Gasteiger partial charge is 0.229 e. The van der Waals surface area contributed by atoms with Gasteiger partial charge in [0.25, 0.3) is 0 Å². The van der Waals surface area contributed by atoms with Crippen molar-refractivity contribution < 1.29 is 18.8 Å². The van der Waals surface area contributed by atoms with Crippen LogP contribution in [0.3, 0.4) is 0 Å². The second kappa shape index (κ2) is 6.71. The van der Waals surface area contributed by atoms with Crippen molar-refractivity contribution >= 4 is 23.3 Å². The standard InChI is InChI=1S/C18H21FN2O3/c1-11(22)15-7-6-14(19)9-16(15)20-17(23)13-3-2-8-21(10-13)18(24)12-4-5-12/h6-7,9,12-13H,2-5,8,10H2,1H3,(H,20,23)/t13-/m1/s1. The number of carbonyl (C=O) groups is 3. The van der Waals surface area contributed by atoms with Gasteiger partial charge in [0.1, 0.15) is 5.82 Å². The van der Waals surface area contributed by atoms with Crippen LogP contribution in [0.5, 0.6) is 0 Å². The van der Waals surface area contributed by atoms with Gasteiger partial charge in [-0.3, -0.25) is 14.4 Å². The van der Waals surface area contributed by atoms with Gasteiger partial charge in [0, 0.05) is 24.6 Å². The van der Waals surface area contributed by atoms with Gasteiger partial charge in [0.05, 0.1) is 11.6 Å². The van der Waals surface area contributed by atoms with Gasteiger partial charge in [-0.25, -0.2) is 4.39 Å². The Morgan fingerprint density at radius 3 is 2.58 bits per heavy atom. The number of amides is 2. The second-order valence-corrected chi connectivity index (χ2v) is 6.63. The molecule has 128 valence electrons. The normalized spacial score (nSPS) is 20.6. The minimum absolute atomic E-state index is 0.138. The monoisotopic (exact) mass is 332 g/mol. The number of hydrogen-bond donors (Lipinski definition) is 1. The number of anilines is 1. The van der Waals surface area contributed by atoms with Crippen molar-refractivity contribution in [3.05, 3.63) is 29.6 Å². The van der Waals surface area contributed by atoms with Crippen LogP contribution in [-0.4, -0.2) is 35.6 Å². The number of benzene rings is 1. The summed E-state index contributed by atoms with van der Waals surface area (Å²) in [6, 6.07) is 3.73. The van der Waals surface area contributed by atoms with E-state index in [1.54, 1.807) is 4.90 Å². The molecule has 1 aromatic rings. The highest BCUT2D eigenvalue weighted by atomic mass is 19.1. The largest absolute Gasteiger partial charge is 0.342 e. The van der Waals surface area contributed by atoms with Crippen LogP contribution in [0.1, 0.15) is 43.0 Å². The first-order chi connectivity index (χ1) is 11.5. The van der Waals surface area contributed by atoms with Gasteiger partial charge in [-0.15, -0.1) is 0 Å². The maximum absolute atomic E-state index is 13.5. The van der Waals surface area contributed by atoms with Crippen molar-refractivity contribution in [2.75, 3.05) is 18.4 Å². The first-order valence-corrected chi connectivity index (χ1v) is 8.36. The van der Waals surface area contributed by atoms with Crippen LogP contribution < -0.4 is 5.32 Å². The predicted molar refractivity (Wildman–Crippen MR) is 87.1 cm³/mol. The number of ketones is 1. The predicted octanol–water partition coefficient (Wildman–Crippen LogP) is 2.62. The van der Waals surface area contributed by atoms with E-state index in [1.807, 2.05) is 0 Å². The van der Waals surface area contributed by atoms with Crippen LogP contribution in [0.15, 0.2) is 18.2 Å². The fourth-order valence-corrected chi connectivity index (χ4v) is 3.14. The Kier molecular flexibility index (Phi) is 4.64. The molecule has 1 N–H and O–H groups in total. The van der Waals surface area contributed by atoms with Crippen molar-refractivity contribution in [1.82, 2.24) is 4.90 Å². The van der Waals surface area contributed by atoms with Crippen LogP contribution in [0.4, 0.5) is 10.1 Å². The van der Waals surface area contributed by atoms with Gasteiger partial charge in [0.15, 0.2) is 5.78 Å². The first-order valence-electron chi connectivity index (χ1n) is 8.36. The van der Waals surface area contributed by atoms with E-state index in [4.69, 9.17) is 0 Å². The number of Topliss-reactive ketones (excluding diaryl/α,β-unsaturated/α-hetero) is 1. The van der Waals surface area contributed by atoms with Gasteiger partial charge in [0.2, 0.25) is 11.8 Å². The number of hydrogen-bond acceptors (Lipinski definition) is 3. The Hall–Kier alpha value is -2.24. The molecule has 1 heterocycles. The van der Waals surface area contributed by atoms with Gasteiger partial charge in [-0.05, 0) is 50.8 Å². The maximum Gasteiger partial charge on any atom is 0.229 e. The molecule has 2 amide bonds. The summed E-state index contributed by atoms with van der Waals surface area (Å²) in [6.07, 6.45) is 3.35. The van der Waals surface area contributed by atoms with Crippen molar-refractivity contribution in [3.8, 4) is 0 Å². The van der Waals surface area contributed by atoms with Crippen LogP contribution in [0.25, 0.3) is 0 Å². The fraction of sp³-hybridized carbons (Fsp3) is 0.500. The Bertz CT molecular complexity index is 685. The molecule has 0 bridgehead atoms. The lowest BCUT2D eigenvalue weighted by atomic mass is 9.96. The van der Waals surface area contributed by atoms with Crippen LogP contribution in [0.2, 0.25) is 0 Å². The molecular formula is C18H21FN2O3. The quantitative estimate of drug-likeness (QED) is 0.862. The lowest BCUT2D eigenvalue weighted by Gasteiger charge is -2.32. The van der Waals surface area contributed by atoms with Crippen LogP contribution in [0, 0.1) is 17.7 Å². The number of halogens is 1. The first kappa shape index (κ1) is 16.6. The molecule has 6 heteroatoms. The molecule has 24 heavy (non-hydrogen) atoms. The topological polar surface area (TPSA) is 66.5 Å². The summed E-state index contributed by atoms with van der Waals surface area (Å²) in [5.74, 6) is -1.06. The zero-order valence-electron chi connectivity index (χ0n) is 13.7. The molecule has 1 atom stereocenters. The zero-order valence-corrected chi connectivity index (χ0v) is 13.7. The molecular weight excluding hydrogens is 311 g/mol. The molecule has 0 spiro atoms. The molecule has 1 aliphatic heterocycles. The Labute approximate surface area is 140 Å². The summed E-state index contributed by atoms with van der Waals surface area (Å²) in [4.78, 5) is 38.1. The summed E-state index contributed by atoms with van der Waals surface area (Å²) >= 11 is 0. The molecule has 1 aromatic carbocycles. The number of rotatable bonds is 4. The highest BCUT2D eigenvalue weighted by Crippen LogP contribution is 2.32. The van der Waals surface area contributed by atoms with E-state index in [-0.39, 0.29) is 40.7 Å². The van der Waals surface area contributed by atoms with Gasteiger partial charge < -0.3 is 10.2 Å². The Morgan fingerprint density at radius 2 is 1.92 bits per heavy atom.